The van der Waals surface area contributed by atoms with Crippen LogP contribution in [0.2, 0.25) is 0 Å². The first kappa shape index (κ1) is 5.49. The van der Waals surface area contributed by atoms with E-state index in [-0.39, 0.29) is 0 Å². The molecular weight excluding hydrogens is 104 g/mol. The number of hydrogen-bond acceptors (Lipinski definition) is 1. The monoisotopic (exact) mass is 115 g/mol. The Morgan fingerprint density at radius 1 is 1.57 bits per heavy atom. The third kappa shape index (κ3) is 1.37. The first-order valence-electron chi connectivity index (χ1n) is 2.87. The topological polar surface area (TPSA) is 0 Å². The van der Waals surface area contributed by atoms with Gasteiger partial charge >= 0.3 is 0 Å². The number of thioether (sulfide) groups is 1. The van der Waals surface area contributed by atoms with Crippen LogP contribution in [0.15, 0.2) is 0 Å². The second kappa shape index (κ2) is 2.61. The molecule has 0 N–H and O–H groups in total. The van der Waals surface area contributed by atoms with Gasteiger partial charge in [0.15, 0.2) is 0 Å². The first-order valence-corrected chi connectivity index (χ1v) is 3.81. The van der Waals surface area contributed by atoms with Crippen molar-refractivity contribution in [3.63, 3.8) is 0 Å². The molecule has 1 fully saturated rings. The van der Waals surface area contributed by atoms with E-state index in [1.807, 2.05) is 11.8 Å². The first-order chi connectivity index (χ1) is 3.43. The van der Waals surface area contributed by atoms with Crippen LogP contribution in [0.1, 0.15) is 26.2 Å². The minimum Gasteiger partial charge on any atom is -0.154 e. The minimum atomic E-state index is 0.991. The second-order valence-electron chi connectivity index (χ2n) is 1.92. The van der Waals surface area contributed by atoms with Gasteiger partial charge < -0.3 is 0 Å². The van der Waals surface area contributed by atoms with Gasteiger partial charge in [-0.25, -0.2) is 0 Å². The highest BCUT2D eigenvalue weighted by Crippen LogP contribution is 2.31. The maximum Gasteiger partial charge on any atom is 0.0138 e. The summed E-state index contributed by atoms with van der Waals surface area (Å²) < 4.78 is 0. The van der Waals surface area contributed by atoms with E-state index in [4.69, 9.17) is 0 Å². The van der Waals surface area contributed by atoms with Crippen molar-refractivity contribution in [2.75, 3.05) is 0 Å². The highest BCUT2D eigenvalue weighted by Gasteiger charge is 2.15. The predicted octanol–water partition coefficient (Wildman–Crippen LogP) is 2.45. The van der Waals surface area contributed by atoms with Crippen LogP contribution in [-0.2, 0) is 0 Å². The fourth-order valence-corrected chi connectivity index (χ4v) is 1.69. The molecule has 0 aromatic carbocycles. The van der Waals surface area contributed by atoms with Gasteiger partial charge in [0.05, 0.1) is 0 Å². The van der Waals surface area contributed by atoms with Crippen LogP contribution < -0.4 is 0 Å². The lowest BCUT2D eigenvalue weighted by Crippen LogP contribution is -2.11. The van der Waals surface area contributed by atoms with E-state index in [1.165, 1.54) is 19.3 Å². The van der Waals surface area contributed by atoms with Crippen LogP contribution >= 0.6 is 11.8 Å². The summed E-state index contributed by atoms with van der Waals surface area (Å²) in [5.74, 6) is 2.20. The Labute approximate surface area is 49.7 Å². The molecule has 0 amide bonds. The quantitative estimate of drug-likeness (QED) is 0.532. The summed E-state index contributed by atoms with van der Waals surface area (Å²) in [6.45, 7) is 2.11. The molecule has 1 saturated carbocycles. The lowest BCUT2D eigenvalue weighted by atomic mass is 10.0. The van der Waals surface area contributed by atoms with Crippen molar-refractivity contribution in [3.8, 4) is 0 Å². The van der Waals surface area contributed by atoms with Gasteiger partial charge in [0.25, 0.3) is 0 Å². The maximum atomic E-state index is 2.20. The van der Waals surface area contributed by atoms with Crippen LogP contribution in [-0.4, -0.2) is 5.25 Å². The second-order valence-corrected chi connectivity index (χ2v) is 3.33. The predicted molar refractivity (Wildman–Crippen MR) is 35.2 cm³/mol. The summed E-state index contributed by atoms with van der Waals surface area (Å²) in [4.78, 5) is 0. The van der Waals surface area contributed by atoms with E-state index in [0.717, 1.165) is 5.25 Å². The molecule has 1 aliphatic carbocycles. The van der Waals surface area contributed by atoms with Crippen molar-refractivity contribution < 1.29 is 0 Å². The summed E-state index contributed by atoms with van der Waals surface area (Å²) in [5, 5.41) is 0.991. The molecule has 1 radical (unpaired) electrons. The third-order valence-electron chi connectivity index (χ3n) is 1.38. The lowest BCUT2D eigenvalue weighted by molar-refractivity contribution is 0.523. The molecule has 1 heteroatoms. The van der Waals surface area contributed by atoms with Crippen LogP contribution in [0.3, 0.4) is 0 Å². The van der Waals surface area contributed by atoms with Crippen LogP contribution in [0, 0.1) is 5.75 Å². The molecule has 0 heterocycles. The van der Waals surface area contributed by atoms with E-state index in [9.17, 15) is 0 Å². The molecule has 0 unspecified atom stereocenters. The van der Waals surface area contributed by atoms with Crippen molar-refractivity contribution in [2.45, 2.75) is 31.4 Å². The van der Waals surface area contributed by atoms with Gasteiger partial charge in [0, 0.05) is 11.0 Å². The Balaban J connectivity index is 1.93. The number of hydrogen-bond donors (Lipinski definition) is 0. The number of rotatable bonds is 2. The average molecular weight is 115 g/mol. The average Bonchev–Trinajstić information content (AvgIpc) is 1.55. The maximum absolute atomic E-state index is 2.20. The summed E-state index contributed by atoms with van der Waals surface area (Å²) in [5.41, 5.74) is 0. The van der Waals surface area contributed by atoms with E-state index in [0.29, 0.717) is 0 Å². The van der Waals surface area contributed by atoms with Crippen LogP contribution in [0.5, 0.6) is 0 Å². The lowest BCUT2D eigenvalue weighted by Gasteiger charge is -2.23. The summed E-state index contributed by atoms with van der Waals surface area (Å²) in [7, 11) is 0. The van der Waals surface area contributed by atoms with Gasteiger partial charge in [0.1, 0.15) is 0 Å². The molecule has 1 rings (SSSR count). The van der Waals surface area contributed by atoms with Crippen molar-refractivity contribution in [3.05, 3.63) is 5.75 Å². The molecule has 0 saturated heterocycles. The fourth-order valence-electron chi connectivity index (χ4n) is 0.699. The zero-order valence-electron chi connectivity index (χ0n) is 4.68. The van der Waals surface area contributed by atoms with Gasteiger partial charge in [-0.05, 0) is 12.8 Å². The molecule has 7 heavy (non-hydrogen) atoms. The summed E-state index contributed by atoms with van der Waals surface area (Å²) in [6, 6.07) is 0. The molecule has 0 aromatic rings. The third-order valence-corrected chi connectivity index (χ3v) is 2.51. The normalized spacial score (nSPS) is 21.9. The molecule has 0 spiro atoms. The minimum absolute atomic E-state index is 0.991. The Bertz CT molecular complexity index is 48.1. The summed E-state index contributed by atoms with van der Waals surface area (Å²) in [6.07, 6.45) is 4.37. The van der Waals surface area contributed by atoms with Crippen molar-refractivity contribution in [1.29, 1.82) is 0 Å². The standard InChI is InChI=1S/C6H11S/c1-2-7-6-4-3-5-6/h2,6H,3-5H2,1H3. The Morgan fingerprint density at radius 2 is 2.29 bits per heavy atom. The highest BCUT2D eigenvalue weighted by molar-refractivity contribution is 8.01. The molecule has 0 atom stereocenters. The summed E-state index contributed by atoms with van der Waals surface area (Å²) >= 11 is 1.99. The Hall–Kier alpha value is 0.350. The van der Waals surface area contributed by atoms with E-state index < -0.39 is 0 Å². The smallest absolute Gasteiger partial charge is 0.0138 e. The fraction of sp³-hybridized carbons (Fsp3) is 0.833. The molecule has 41 valence electrons. The Kier molecular flexibility index (Phi) is 2.04. The largest absolute Gasteiger partial charge is 0.154 e. The zero-order valence-corrected chi connectivity index (χ0v) is 5.50. The van der Waals surface area contributed by atoms with Crippen molar-refractivity contribution >= 4 is 11.8 Å². The van der Waals surface area contributed by atoms with Gasteiger partial charge in [0.2, 0.25) is 0 Å². The van der Waals surface area contributed by atoms with E-state index >= 15 is 0 Å². The van der Waals surface area contributed by atoms with E-state index in [1.54, 1.807) is 0 Å². The van der Waals surface area contributed by atoms with Gasteiger partial charge in [-0.15, -0.1) is 0 Å². The SMILES string of the molecule is C[CH]SC1CCC1. The molecule has 0 aliphatic heterocycles. The van der Waals surface area contributed by atoms with Crippen molar-refractivity contribution in [2.24, 2.45) is 0 Å². The molecule has 0 bridgehead atoms. The van der Waals surface area contributed by atoms with Crippen LogP contribution in [0.25, 0.3) is 0 Å². The highest BCUT2D eigenvalue weighted by atomic mass is 32.2. The van der Waals surface area contributed by atoms with Gasteiger partial charge in [-0.1, -0.05) is 13.3 Å². The molecule has 0 aromatic heterocycles. The molecular formula is C6H11S. The van der Waals surface area contributed by atoms with Gasteiger partial charge in [-0.2, -0.15) is 11.8 Å². The molecule has 1 aliphatic rings. The Morgan fingerprint density at radius 3 is 2.43 bits per heavy atom. The van der Waals surface area contributed by atoms with E-state index in [2.05, 4.69) is 12.7 Å². The van der Waals surface area contributed by atoms with Crippen LogP contribution in [0.4, 0.5) is 0 Å². The molecule has 0 nitrogen and oxygen atoms in total. The van der Waals surface area contributed by atoms with Crippen molar-refractivity contribution in [1.82, 2.24) is 0 Å². The van der Waals surface area contributed by atoms with Gasteiger partial charge in [-0.3, -0.25) is 0 Å². The zero-order chi connectivity index (χ0) is 5.11.